The number of anilines is 3. The van der Waals surface area contributed by atoms with Gasteiger partial charge in [0.2, 0.25) is 11.3 Å². The Kier molecular flexibility index (Phi) is 8.63. The Bertz CT molecular complexity index is 2000. The summed E-state index contributed by atoms with van der Waals surface area (Å²) in [6.45, 7) is 2.62. The maximum absolute atomic E-state index is 15.3. The van der Waals surface area contributed by atoms with Crippen molar-refractivity contribution in [3.05, 3.63) is 81.7 Å². The Morgan fingerprint density at radius 3 is 2.43 bits per heavy atom. The summed E-state index contributed by atoms with van der Waals surface area (Å²) >= 11 is 5.76. The lowest BCUT2D eigenvalue weighted by Crippen LogP contribution is -2.47. The number of hydrogen-bond acceptors (Lipinski definition) is 9. The van der Waals surface area contributed by atoms with Crippen LogP contribution >= 0.6 is 11.6 Å². The zero-order chi connectivity index (χ0) is 32.6. The van der Waals surface area contributed by atoms with E-state index in [1.54, 1.807) is 10.6 Å². The summed E-state index contributed by atoms with van der Waals surface area (Å²) in [6.07, 6.45) is 5.79. The number of nitrogens with zero attached hydrogens (tertiary/aromatic N) is 5. The molecule has 0 radical (unpaired) electrons. The van der Waals surface area contributed by atoms with E-state index >= 15 is 4.39 Å². The number of fused-ring (bicyclic) bond motifs is 1. The molecule has 1 aliphatic carbocycles. The SMILES string of the molecule is O=C(CCN1CCN(c2cc3c(cc2F)c(=O)c(C(=O)O)cn3C2CC2)CC1)Nc1ccc(S(=O)(=O)Nc2cncc(Cl)n2)cc1. The number of benzene rings is 2. The second-order valence-electron chi connectivity index (χ2n) is 11.1. The molecule has 4 aromatic rings. The van der Waals surface area contributed by atoms with Crippen LogP contribution in [0.25, 0.3) is 10.9 Å². The maximum Gasteiger partial charge on any atom is 0.341 e. The molecule has 240 valence electrons. The number of carbonyl (C=O) groups excluding carboxylic acids is 1. The minimum atomic E-state index is -3.94. The van der Waals surface area contributed by atoms with Gasteiger partial charge in [-0.05, 0) is 49.2 Å². The number of carboxylic acids is 1. The Hall–Kier alpha value is -4.60. The van der Waals surface area contributed by atoms with E-state index in [0.29, 0.717) is 49.6 Å². The summed E-state index contributed by atoms with van der Waals surface area (Å²) in [5.41, 5.74) is 0.235. The van der Waals surface area contributed by atoms with Gasteiger partial charge in [-0.2, -0.15) is 0 Å². The third-order valence-electron chi connectivity index (χ3n) is 7.93. The molecular formula is C30H29ClFN7O6S. The van der Waals surface area contributed by atoms with Crippen molar-refractivity contribution in [2.75, 3.05) is 47.7 Å². The van der Waals surface area contributed by atoms with Gasteiger partial charge in [0.1, 0.15) is 16.5 Å². The second-order valence-corrected chi connectivity index (χ2v) is 13.2. The first-order chi connectivity index (χ1) is 22.0. The van der Waals surface area contributed by atoms with Gasteiger partial charge in [0.05, 0.1) is 28.5 Å². The predicted octanol–water partition coefficient (Wildman–Crippen LogP) is 3.57. The van der Waals surface area contributed by atoms with Crippen molar-refractivity contribution in [1.82, 2.24) is 19.4 Å². The molecule has 13 nitrogen and oxygen atoms in total. The van der Waals surface area contributed by atoms with Crippen molar-refractivity contribution in [2.45, 2.75) is 30.2 Å². The van der Waals surface area contributed by atoms with E-state index in [2.05, 4.69) is 24.9 Å². The molecule has 0 atom stereocenters. The van der Waals surface area contributed by atoms with Gasteiger partial charge in [0.25, 0.3) is 10.0 Å². The lowest BCUT2D eigenvalue weighted by Gasteiger charge is -2.36. The second kappa shape index (κ2) is 12.7. The monoisotopic (exact) mass is 669 g/mol. The van der Waals surface area contributed by atoms with Gasteiger partial charge in [0, 0.05) is 62.5 Å². The number of nitrogens with one attached hydrogen (secondary N) is 2. The molecule has 2 fully saturated rings. The van der Waals surface area contributed by atoms with Crippen LogP contribution in [0.1, 0.15) is 35.7 Å². The molecule has 6 rings (SSSR count). The fraction of sp³-hybridized carbons (Fsp3) is 0.300. The van der Waals surface area contributed by atoms with Gasteiger partial charge >= 0.3 is 5.97 Å². The summed E-state index contributed by atoms with van der Waals surface area (Å²) in [5, 5.41) is 12.3. The molecule has 16 heteroatoms. The Morgan fingerprint density at radius 2 is 1.78 bits per heavy atom. The van der Waals surface area contributed by atoms with Gasteiger partial charge < -0.3 is 19.9 Å². The average Bonchev–Trinajstić information content (AvgIpc) is 3.86. The molecule has 46 heavy (non-hydrogen) atoms. The van der Waals surface area contributed by atoms with E-state index in [1.807, 2.05) is 4.90 Å². The van der Waals surface area contributed by atoms with Crippen LogP contribution in [0, 0.1) is 5.82 Å². The highest BCUT2D eigenvalue weighted by molar-refractivity contribution is 7.92. The first-order valence-corrected chi connectivity index (χ1v) is 16.3. The van der Waals surface area contributed by atoms with Gasteiger partial charge in [-0.1, -0.05) is 11.6 Å². The van der Waals surface area contributed by atoms with E-state index in [4.69, 9.17) is 11.6 Å². The van der Waals surface area contributed by atoms with Crippen LogP contribution in [-0.2, 0) is 14.8 Å². The summed E-state index contributed by atoms with van der Waals surface area (Å²) in [5.74, 6) is -2.19. The fourth-order valence-electron chi connectivity index (χ4n) is 5.41. The number of hydrogen-bond donors (Lipinski definition) is 3. The van der Waals surface area contributed by atoms with E-state index in [-0.39, 0.29) is 45.2 Å². The molecule has 2 aromatic heterocycles. The van der Waals surface area contributed by atoms with E-state index in [9.17, 15) is 27.9 Å². The van der Waals surface area contributed by atoms with Crippen LogP contribution in [-0.4, -0.2) is 77.6 Å². The number of aromatic carboxylic acids is 1. The number of pyridine rings is 1. The highest BCUT2D eigenvalue weighted by Gasteiger charge is 2.28. The smallest absolute Gasteiger partial charge is 0.341 e. The van der Waals surface area contributed by atoms with Crippen LogP contribution in [0.3, 0.4) is 0 Å². The zero-order valence-electron chi connectivity index (χ0n) is 24.3. The van der Waals surface area contributed by atoms with Crippen molar-refractivity contribution in [1.29, 1.82) is 0 Å². The number of halogens is 2. The number of aromatic nitrogens is 3. The minimum absolute atomic E-state index is 0.0243. The number of sulfonamides is 1. The van der Waals surface area contributed by atoms with Crippen molar-refractivity contribution < 1.29 is 27.5 Å². The van der Waals surface area contributed by atoms with Crippen molar-refractivity contribution >= 4 is 61.6 Å². The zero-order valence-corrected chi connectivity index (χ0v) is 25.9. The van der Waals surface area contributed by atoms with E-state index in [0.717, 1.165) is 18.9 Å². The van der Waals surface area contributed by atoms with Crippen molar-refractivity contribution in [2.24, 2.45) is 0 Å². The van der Waals surface area contributed by atoms with E-state index in [1.165, 1.54) is 42.9 Å². The molecule has 1 saturated heterocycles. The van der Waals surface area contributed by atoms with Crippen molar-refractivity contribution in [3.63, 3.8) is 0 Å². The topological polar surface area (TPSA) is 167 Å². The molecule has 1 saturated carbocycles. The molecular weight excluding hydrogens is 641 g/mol. The van der Waals surface area contributed by atoms with Crippen LogP contribution < -0.4 is 20.4 Å². The Balaban J connectivity index is 1.03. The van der Waals surface area contributed by atoms with Crippen LogP contribution in [0.5, 0.6) is 0 Å². The standard InChI is InChI=1S/C30H29ClFN7O6S/c31-26-15-33-16-27(35-26)36-46(44,45)20-5-1-18(2-6-20)34-28(40)7-8-37-9-11-38(12-10-37)25-14-24-21(13-23(25)32)29(41)22(30(42)43)17-39(24)19-3-4-19/h1-2,5-6,13-17,19H,3-4,7-12H2,(H,34,40)(H,35,36)(H,42,43). The molecule has 2 aromatic carbocycles. The number of rotatable bonds is 10. The summed E-state index contributed by atoms with van der Waals surface area (Å²) in [6, 6.07) is 8.54. The molecule has 0 bridgehead atoms. The quantitative estimate of drug-likeness (QED) is 0.227. The normalized spacial score (nSPS) is 15.6. The van der Waals surface area contributed by atoms with E-state index < -0.39 is 27.2 Å². The molecule has 3 N–H and O–H groups in total. The lowest BCUT2D eigenvalue weighted by atomic mass is 10.1. The van der Waals surface area contributed by atoms with Gasteiger partial charge in [0.15, 0.2) is 5.82 Å². The fourth-order valence-corrected chi connectivity index (χ4v) is 6.54. The number of carboxylic acid groups (broad SMARTS) is 1. The maximum atomic E-state index is 15.3. The first-order valence-electron chi connectivity index (χ1n) is 14.5. The highest BCUT2D eigenvalue weighted by Crippen LogP contribution is 2.38. The molecule has 0 unspecified atom stereocenters. The van der Waals surface area contributed by atoms with Gasteiger partial charge in [-0.3, -0.25) is 24.2 Å². The largest absolute Gasteiger partial charge is 0.477 e. The van der Waals surface area contributed by atoms with Crippen LogP contribution in [0.15, 0.2) is 64.7 Å². The molecule has 2 aliphatic rings. The molecule has 0 spiro atoms. The summed E-state index contributed by atoms with van der Waals surface area (Å²) in [4.78, 5) is 48.6. The molecule has 3 heterocycles. The minimum Gasteiger partial charge on any atom is -0.477 e. The molecule has 1 amide bonds. The van der Waals surface area contributed by atoms with Crippen molar-refractivity contribution in [3.8, 4) is 0 Å². The number of carbonyl (C=O) groups is 2. The summed E-state index contributed by atoms with van der Waals surface area (Å²) in [7, 11) is -3.94. The molecule has 1 aliphatic heterocycles. The lowest BCUT2D eigenvalue weighted by molar-refractivity contribution is -0.116. The summed E-state index contributed by atoms with van der Waals surface area (Å²) < 4.78 is 44.6. The van der Waals surface area contributed by atoms with Gasteiger partial charge in [-0.25, -0.2) is 22.6 Å². The highest BCUT2D eigenvalue weighted by atomic mass is 35.5. The number of amides is 1. The van der Waals surface area contributed by atoms with Crippen LogP contribution in [0.2, 0.25) is 5.15 Å². The Labute approximate surface area is 267 Å². The third-order valence-corrected chi connectivity index (χ3v) is 9.48. The van der Waals surface area contributed by atoms with Crippen LogP contribution in [0.4, 0.5) is 21.6 Å². The van der Waals surface area contributed by atoms with Gasteiger partial charge in [-0.15, -0.1) is 0 Å². The Morgan fingerprint density at radius 1 is 1.07 bits per heavy atom. The average molecular weight is 670 g/mol. The third kappa shape index (κ3) is 6.80. The predicted molar refractivity (Wildman–Crippen MR) is 170 cm³/mol. The first kappa shape index (κ1) is 31.4. The number of piperazine rings is 1.